The number of hydrogen-bond acceptors (Lipinski definition) is 5. The molecule has 1 aromatic carbocycles. The van der Waals surface area contributed by atoms with Gasteiger partial charge in [0.25, 0.3) is 5.91 Å². The van der Waals surface area contributed by atoms with Crippen LogP contribution in [-0.2, 0) is 4.74 Å². The molecule has 6 nitrogen and oxygen atoms in total. The molecule has 0 radical (unpaired) electrons. The molecule has 116 valence electrons. The Bertz CT molecular complexity index is 602. The molecule has 0 unspecified atom stereocenters. The summed E-state index contributed by atoms with van der Waals surface area (Å²) in [4.78, 5) is 20.3. The van der Waals surface area contributed by atoms with E-state index in [1.165, 1.54) is 12.4 Å². The van der Waals surface area contributed by atoms with Gasteiger partial charge in [-0.1, -0.05) is 11.6 Å². The van der Waals surface area contributed by atoms with E-state index < -0.39 is 0 Å². The minimum Gasteiger partial charge on any atom is -0.385 e. The number of aromatic nitrogens is 2. The summed E-state index contributed by atoms with van der Waals surface area (Å²) in [7, 11) is 1.66. The molecule has 0 bridgehead atoms. The third-order valence-electron chi connectivity index (χ3n) is 2.82. The predicted molar refractivity (Wildman–Crippen MR) is 86.4 cm³/mol. The Morgan fingerprint density at radius 2 is 1.91 bits per heavy atom. The molecule has 0 saturated carbocycles. The van der Waals surface area contributed by atoms with Crippen LogP contribution in [0.15, 0.2) is 36.7 Å². The van der Waals surface area contributed by atoms with Crippen LogP contribution in [0.1, 0.15) is 16.8 Å². The Kier molecular flexibility index (Phi) is 6.12. The highest BCUT2D eigenvalue weighted by Crippen LogP contribution is 2.14. The van der Waals surface area contributed by atoms with Crippen molar-refractivity contribution in [1.29, 1.82) is 0 Å². The third kappa shape index (κ3) is 4.98. The zero-order chi connectivity index (χ0) is 15.8. The first kappa shape index (κ1) is 16.2. The predicted octanol–water partition coefficient (Wildman–Crippen LogP) is 2.83. The van der Waals surface area contributed by atoms with Crippen molar-refractivity contribution in [2.45, 2.75) is 6.42 Å². The van der Waals surface area contributed by atoms with Crippen LogP contribution < -0.4 is 10.6 Å². The summed E-state index contributed by atoms with van der Waals surface area (Å²) in [6, 6.07) is 6.88. The van der Waals surface area contributed by atoms with Gasteiger partial charge < -0.3 is 15.4 Å². The van der Waals surface area contributed by atoms with Crippen molar-refractivity contribution < 1.29 is 9.53 Å². The molecule has 0 saturated heterocycles. The SMILES string of the molecule is COCCCNc1ncc(C(=O)Nc2ccc(Cl)cc2)cn1. The van der Waals surface area contributed by atoms with E-state index in [1.54, 1.807) is 31.4 Å². The second kappa shape index (κ2) is 8.31. The van der Waals surface area contributed by atoms with Gasteiger partial charge in [-0.15, -0.1) is 0 Å². The summed E-state index contributed by atoms with van der Waals surface area (Å²) in [5.41, 5.74) is 1.05. The number of ether oxygens (including phenoxy) is 1. The average Bonchev–Trinajstić information content (AvgIpc) is 2.54. The van der Waals surface area contributed by atoms with E-state index in [0.29, 0.717) is 35.4 Å². The highest BCUT2D eigenvalue weighted by molar-refractivity contribution is 6.30. The smallest absolute Gasteiger partial charge is 0.258 e. The summed E-state index contributed by atoms with van der Waals surface area (Å²) in [5.74, 6) is 0.215. The minimum absolute atomic E-state index is 0.270. The van der Waals surface area contributed by atoms with Crippen LogP contribution in [0, 0.1) is 0 Å². The van der Waals surface area contributed by atoms with Gasteiger partial charge in [0.2, 0.25) is 5.95 Å². The summed E-state index contributed by atoms with van der Waals surface area (Å²) < 4.78 is 4.95. The van der Waals surface area contributed by atoms with Gasteiger partial charge in [-0.3, -0.25) is 4.79 Å². The van der Waals surface area contributed by atoms with Crippen molar-refractivity contribution in [2.24, 2.45) is 0 Å². The molecular formula is C15H17ClN4O2. The normalized spacial score (nSPS) is 10.3. The summed E-state index contributed by atoms with van der Waals surface area (Å²) in [6.07, 6.45) is 3.83. The lowest BCUT2D eigenvalue weighted by atomic mass is 10.3. The fourth-order valence-corrected chi connectivity index (χ4v) is 1.82. The van der Waals surface area contributed by atoms with E-state index in [4.69, 9.17) is 16.3 Å². The Hall–Kier alpha value is -2.18. The molecule has 0 aliphatic rings. The zero-order valence-electron chi connectivity index (χ0n) is 12.2. The van der Waals surface area contributed by atoms with Crippen molar-refractivity contribution in [3.63, 3.8) is 0 Å². The van der Waals surface area contributed by atoms with Gasteiger partial charge in [0.15, 0.2) is 0 Å². The quantitative estimate of drug-likeness (QED) is 0.767. The molecular weight excluding hydrogens is 304 g/mol. The molecule has 2 aromatic rings. The number of halogens is 1. The average molecular weight is 321 g/mol. The Balaban J connectivity index is 1.89. The lowest BCUT2D eigenvalue weighted by Gasteiger charge is -2.06. The molecule has 0 spiro atoms. The number of rotatable bonds is 7. The second-order valence-electron chi connectivity index (χ2n) is 4.53. The summed E-state index contributed by atoms with van der Waals surface area (Å²) in [6.45, 7) is 1.39. The van der Waals surface area contributed by atoms with Crippen LogP contribution in [0.5, 0.6) is 0 Å². The number of carbonyl (C=O) groups is 1. The Labute approximate surface area is 133 Å². The molecule has 2 rings (SSSR count). The van der Waals surface area contributed by atoms with Crippen LogP contribution in [0.3, 0.4) is 0 Å². The van der Waals surface area contributed by atoms with Crippen molar-refractivity contribution in [1.82, 2.24) is 9.97 Å². The molecule has 1 heterocycles. The van der Waals surface area contributed by atoms with E-state index >= 15 is 0 Å². The van der Waals surface area contributed by atoms with Gasteiger partial charge >= 0.3 is 0 Å². The number of hydrogen-bond donors (Lipinski definition) is 2. The van der Waals surface area contributed by atoms with Gasteiger partial charge in [-0.05, 0) is 30.7 Å². The van der Waals surface area contributed by atoms with E-state index in [2.05, 4.69) is 20.6 Å². The molecule has 1 aromatic heterocycles. The number of nitrogens with one attached hydrogen (secondary N) is 2. The summed E-state index contributed by atoms with van der Waals surface area (Å²) >= 11 is 5.80. The Morgan fingerprint density at radius 1 is 1.23 bits per heavy atom. The van der Waals surface area contributed by atoms with E-state index in [1.807, 2.05) is 0 Å². The number of amides is 1. The van der Waals surface area contributed by atoms with Gasteiger partial charge in [0.05, 0.1) is 5.56 Å². The van der Waals surface area contributed by atoms with Crippen LogP contribution in [0.25, 0.3) is 0 Å². The number of anilines is 2. The maximum absolute atomic E-state index is 12.0. The number of nitrogens with zero attached hydrogens (tertiary/aromatic N) is 2. The lowest BCUT2D eigenvalue weighted by Crippen LogP contribution is -2.14. The topological polar surface area (TPSA) is 76.1 Å². The highest BCUT2D eigenvalue weighted by Gasteiger charge is 2.07. The number of carbonyl (C=O) groups excluding carboxylic acids is 1. The van der Waals surface area contributed by atoms with Crippen molar-refractivity contribution >= 4 is 29.1 Å². The molecule has 0 fully saturated rings. The molecule has 7 heteroatoms. The molecule has 22 heavy (non-hydrogen) atoms. The number of methoxy groups -OCH3 is 1. The van der Waals surface area contributed by atoms with Crippen LogP contribution >= 0.6 is 11.6 Å². The molecule has 1 amide bonds. The van der Waals surface area contributed by atoms with Crippen molar-refractivity contribution in [2.75, 3.05) is 30.9 Å². The standard InChI is InChI=1S/C15H17ClN4O2/c1-22-8-2-7-17-15-18-9-11(10-19-15)14(21)20-13-5-3-12(16)4-6-13/h3-6,9-10H,2,7-8H2,1H3,(H,20,21)(H,17,18,19). The van der Waals surface area contributed by atoms with Crippen LogP contribution in [0.4, 0.5) is 11.6 Å². The third-order valence-corrected chi connectivity index (χ3v) is 3.08. The van der Waals surface area contributed by atoms with Crippen LogP contribution in [0.2, 0.25) is 5.02 Å². The maximum Gasteiger partial charge on any atom is 0.258 e. The maximum atomic E-state index is 12.0. The monoisotopic (exact) mass is 320 g/mol. The van der Waals surface area contributed by atoms with Gasteiger partial charge in [0.1, 0.15) is 0 Å². The van der Waals surface area contributed by atoms with E-state index in [9.17, 15) is 4.79 Å². The second-order valence-corrected chi connectivity index (χ2v) is 4.97. The van der Waals surface area contributed by atoms with Gasteiger partial charge in [0, 0.05) is 43.4 Å². The fourth-order valence-electron chi connectivity index (χ4n) is 1.69. The number of benzene rings is 1. The molecule has 0 aliphatic carbocycles. The highest BCUT2D eigenvalue weighted by atomic mass is 35.5. The molecule has 0 atom stereocenters. The fraction of sp³-hybridized carbons (Fsp3) is 0.267. The lowest BCUT2D eigenvalue weighted by molar-refractivity contribution is 0.102. The van der Waals surface area contributed by atoms with E-state index in [0.717, 1.165) is 6.42 Å². The van der Waals surface area contributed by atoms with Crippen molar-refractivity contribution in [3.8, 4) is 0 Å². The Morgan fingerprint density at radius 3 is 2.55 bits per heavy atom. The first-order valence-electron chi connectivity index (χ1n) is 6.81. The first-order chi connectivity index (χ1) is 10.7. The molecule has 2 N–H and O–H groups in total. The van der Waals surface area contributed by atoms with Crippen LogP contribution in [-0.4, -0.2) is 36.1 Å². The van der Waals surface area contributed by atoms with Gasteiger partial charge in [-0.25, -0.2) is 9.97 Å². The minimum atomic E-state index is -0.270. The van der Waals surface area contributed by atoms with Crippen molar-refractivity contribution in [3.05, 3.63) is 47.2 Å². The summed E-state index contributed by atoms with van der Waals surface area (Å²) in [5, 5.41) is 6.42. The van der Waals surface area contributed by atoms with E-state index in [-0.39, 0.29) is 5.91 Å². The first-order valence-corrected chi connectivity index (χ1v) is 7.18. The van der Waals surface area contributed by atoms with Gasteiger partial charge in [-0.2, -0.15) is 0 Å². The largest absolute Gasteiger partial charge is 0.385 e. The zero-order valence-corrected chi connectivity index (χ0v) is 12.9. The molecule has 0 aliphatic heterocycles.